The maximum atomic E-state index is 13.9. The number of allylic oxidation sites excluding steroid dienone is 3. The molecule has 1 saturated heterocycles. The van der Waals surface area contributed by atoms with Gasteiger partial charge >= 0.3 is 0 Å². The smallest absolute Gasteiger partial charge is 0.274 e. The van der Waals surface area contributed by atoms with Gasteiger partial charge in [0.25, 0.3) is 5.91 Å². The van der Waals surface area contributed by atoms with Gasteiger partial charge in [-0.15, -0.1) is 0 Å². The molecule has 216 valence electrons. The first-order valence-electron chi connectivity index (χ1n) is 14.3. The van der Waals surface area contributed by atoms with Crippen molar-refractivity contribution < 1.29 is 19.1 Å². The van der Waals surface area contributed by atoms with Crippen molar-refractivity contribution in [1.29, 1.82) is 0 Å². The Morgan fingerprint density at radius 3 is 2.66 bits per heavy atom. The third kappa shape index (κ3) is 5.71. The zero-order valence-electron chi connectivity index (χ0n) is 24.5. The Kier molecular flexibility index (Phi) is 8.42. The summed E-state index contributed by atoms with van der Waals surface area (Å²) < 4.78 is 14.6. The number of hydrogen-bond donors (Lipinski definition) is 0. The van der Waals surface area contributed by atoms with Crippen molar-refractivity contribution in [2.75, 3.05) is 27.3 Å². The van der Waals surface area contributed by atoms with Crippen molar-refractivity contribution in [1.82, 2.24) is 24.2 Å². The molecule has 2 aliphatic rings. The Hall–Kier alpha value is -4.14. The van der Waals surface area contributed by atoms with Crippen LogP contribution in [0, 0.1) is 17.8 Å². The number of aromatic nitrogens is 4. The lowest BCUT2D eigenvalue weighted by Crippen LogP contribution is -2.37. The number of ether oxygens (including phenoxy) is 2. The molecule has 2 aliphatic heterocycles. The van der Waals surface area contributed by atoms with E-state index in [-0.39, 0.29) is 29.4 Å². The maximum Gasteiger partial charge on any atom is 0.274 e. The Morgan fingerprint density at radius 2 is 1.93 bits per heavy atom. The van der Waals surface area contributed by atoms with Crippen LogP contribution in [-0.2, 0) is 13.5 Å². The molecule has 2 aromatic heterocycles. The molecular weight excluding hydrogens is 518 g/mol. The number of ketones is 1. The van der Waals surface area contributed by atoms with Crippen LogP contribution < -0.4 is 9.47 Å². The van der Waals surface area contributed by atoms with Gasteiger partial charge in [-0.3, -0.25) is 9.59 Å². The summed E-state index contributed by atoms with van der Waals surface area (Å²) in [6, 6.07) is 7.70. The molecular formula is C32H39N5O4. The first-order valence-corrected chi connectivity index (χ1v) is 14.3. The normalized spacial score (nSPS) is 21.9. The zero-order chi connectivity index (χ0) is 29.1. The van der Waals surface area contributed by atoms with Crippen molar-refractivity contribution in [2.45, 2.75) is 39.5 Å². The average molecular weight is 558 g/mol. The van der Waals surface area contributed by atoms with Crippen molar-refractivity contribution in [3.05, 3.63) is 77.7 Å². The number of rotatable bonds is 7. The fourth-order valence-corrected chi connectivity index (χ4v) is 6.15. The van der Waals surface area contributed by atoms with Crippen molar-refractivity contribution >= 4 is 17.4 Å². The molecule has 0 aliphatic carbocycles. The van der Waals surface area contributed by atoms with Gasteiger partial charge in [-0.2, -0.15) is 5.10 Å². The second kappa shape index (κ2) is 12.2. The lowest BCUT2D eigenvalue weighted by molar-refractivity contribution is 0.0717. The average Bonchev–Trinajstić information content (AvgIpc) is 3.53. The third-order valence-corrected chi connectivity index (χ3v) is 8.46. The minimum absolute atomic E-state index is 0.0612. The molecule has 4 heterocycles. The Balaban J connectivity index is 1.37. The van der Waals surface area contributed by atoms with Crippen LogP contribution in [0.3, 0.4) is 0 Å². The highest BCUT2D eigenvalue weighted by Crippen LogP contribution is 2.34. The van der Waals surface area contributed by atoms with Crippen LogP contribution in [0.1, 0.15) is 65.5 Å². The van der Waals surface area contributed by atoms with Gasteiger partial charge in [-0.1, -0.05) is 26.0 Å². The predicted octanol–water partition coefficient (Wildman–Crippen LogP) is 5.03. The number of imidazole rings is 1. The van der Waals surface area contributed by atoms with E-state index in [1.54, 1.807) is 31.2 Å². The molecule has 0 spiro atoms. The van der Waals surface area contributed by atoms with E-state index in [0.29, 0.717) is 36.1 Å². The number of likely N-dealkylation sites (tertiary alicyclic amines) is 1. The standard InChI is InChI=1S/C32H39N5O4/c1-21-20-36(16-9-11-25(21)22(2)30(38)31-33-15-17-35(31)3)32(39)26-19-24-10-7-6-8-12-27(37(24)34-26)23-13-14-28(40-4)29(18-23)41-5/h6,8,12-15,17-19,21-22,25H,7,9-11,16,20H2,1-5H3/b8-6-,27-12-/t21-,22?,25?/m0/s1. The minimum atomic E-state index is -0.171. The Bertz CT molecular complexity index is 1480. The molecule has 2 unspecified atom stereocenters. The molecule has 0 saturated carbocycles. The number of nitrogens with zero attached hydrogens (tertiary/aromatic N) is 5. The third-order valence-electron chi connectivity index (χ3n) is 8.46. The maximum absolute atomic E-state index is 13.9. The topological polar surface area (TPSA) is 91.5 Å². The molecule has 1 aromatic carbocycles. The molecule has 0 N–H and O–H groups in total. The molecule has 5 rings (SSSR count). The number of carbonyl (C=O) groups is 2. The molecule has 3 atom stereocenters. The van der Waals surface area contributed by atoms with Crippen LogP contribution in [0.2, 0.25) is 0 Å². The molecule has 3 aromatic rings. The number of benzene rings is 1. The zero-order valence-corrected chi connectivity index (χ0v) is 24.5. The van der Waals surface area contributed by atoms with Crippen LogP contribution in [0.15, 0.2) is 54.9 Å². The molecule has 9 heteroatoms. The van der Waals surface area contributed by atoms with Crippen LogP contribution in [0.5, 0.6) is 11.5 Å². The summed E-state index contributed by atoms with van der Waals surface area (Å²) in [6.45, 7) is 5.38. The molecule has 9 nitrogen and oxygen atoms in total. The highest BCUT2D eigenvalue weighted by Gasteiger charge is 2.35. The largest absolute Gasteiger partial charge is 0.493 e. The predicted molar refractivity (Wildman–Crippen MR) is 157 cm³/mol. The summed E-state index contributed by atoms with van der Waals surface area (Å²) in [6.07, 6.45) is 13.0. The van der Waals surface area contributed by atoms with E-state index in [2.05, 4.69) is 18.0 Å². The quantitative estimate of drug-likeness (QED) is 0.379. The van der Waals surface area contributed by atoms with Crippen LogP contribution in [-0.4, -0.2) is 63.2 Å². The van der Waals surface area contributed by atoms with E-state index >= 15 is 0 Å². The SMILES string of the molecule is COc1ccc(/C2=C/C=C\CCc3cc(C(=O)N4CCCC(C(C)C(=O)c5nccn5C)[C@@H](C)C4)nn32)cc1OC. The van der Waals surface area contributed by atoms with E-state index in [1.165, 1.54) is 0 Å². The lowest BCUT2D eigenvalue weighted by Gasteiger charge is -2.28. The molecule has 1 fully saturated rings. The van der Waals surface area contributed by atoms with Gasteiger partial charge in [0.2, 0.25) is 5.78 Å². The second-order valence-electron chi connectivity index (χ2n) is 11.1. The van der Waals surface area contributed by atoms with Gasteiger partial charge in [0.1, 0.15) is 0 Å². The number of hydrogen-bond acceptors (Lipinski definition) is 6. The van der Waals surface area contributed by atoms with Crippen LogP contribution >= 0.6 is 0 Å². The molecule has 1 amide bonds. The summed E-state index contributed by atoms with van der Waals surface area (Å²) in [4.78, 5) is 33.2. The highest BCUT2D eigenvalue weighted by atomic mass is 16.5. The molecule has 0 bridgehead atoms. The number of methoxy groups -OCH3 is 2. The molecule has 41 heavy (non-hydrogen) atoms. The van der Waals surface area contributed by atoms with E-state index in [9.17, 15) is 9.59 Å². The van der Waals surface area contributed by atoms with Gasteiger partial charge < -0.3 is 18.9 Å². The fraction of sp³-hybridized carbons (Fsp3) is 0.438. The number of Topliss-reactive ketones (excluding diaryl/α,β-unsaturated/α-hetero) is 1. The van der Waals surface area contributed by atoms with Gasteiger partial charge in [-0.05, 0) is 67.9 Å². The van der Waals surface area contributed by atoms with E-state index in [0.717, 1.165) is 42.6 Å². The van der Waals surface area contributed by atoms with Gasteiger partial charge in [0, 0.05) is 49.7 Å². The van der Waals surface area contributed by atoms with Crippen LogP contribution in [0.4, 0.5) is 0 Å². The molecule has 0 radical (unpaired) electrons. The summed E-state index contributed by atoms with van der Waals surface area (Å²) in [5, 5.41) is 4.85. The highest BCUT2D eigenvalue weighted by molar-refractivity contribution is 5.95. The first kappa shape index (κ1) is 28.4. The monoisotopic (exact) mass is 557 g/mol. The number of fused-ring (bicyclic) bond motifs is 1. The van der Waals surface area contributed by atoms with E-state index in [4.69, 9.17) is 14.6 Å². The summed E-state index contributed by atoms with van der Waals surface area (Å²) in [7, 11) is 5.08. The summed E-state index contributed by atoms with van der Waals surface area (Å²) in [5.41, 5.74) is 3.20. The van der Waals surface area contributed by atoms with E-state index < -0.39 is 0 Å². The summed E-state index contributed by atoms with van der Waals surface area (Å²) in [5.74, 6) is 1.93. The second-order valence-corrected chi connectivity index (χ2v) is 11.1. The van der Waals surface area contributed by atoms with Gasteiger partial charge in [0.05, 0.1) is 19.9 Å². The van der Waals surface area contributed by atoms with Gasteiger partial charge in [0.15, 0.2) is 23.0 Å². The number of aryl methyl sites for hydroxylation is 2. The summed E-state index contributed by atoms with van der Waals surface area (Å²) >= 11 is 0. The minimum Gasteiger partial charge on any atom is -0.493 e. The Morgan fingerprint density at radius 1 is 1.12 bits per heavy atom. The lowest BCUT2D eigenvalue weighted by atomic mass is 9.78. The fourth-order valence-electron chi connectivity index (χ4n) is 6.15. The van der Waals surface area contributed by atoms with E-state index in [1.807, 2.05) is 60.0 Å². The van der Waals surface area contributed by atoms with Crippen molar-refractivity contribution in [3.63, 3.8) is 0 Å². The van der Waals surface area contributed by atoms with Crippen LogP contribution in [0.25, 0.3) is 5.70 Å². The number of amides is 1. The Labute approximate surface area is 241 Å². The van der Waals surface area contributed by atoms with Gasteiger partial charge in [-0.25, -0.2) is 9.67 Å². The number of carbonyl (C=O) groups excluding carboxylic acids is 2. The van der Waals surface area contributed by atoms with Crippen molar-refractivity contribution in [3.8, 4) is 11.5 Å². The first-order chi connectivity index (χ1) is 19.8. The van der Waals surface area contributed by atoms with Crippen molar-refractivity contribution in [2.24, 2.45) is 24.8 Å².